The van der Waals surface area contributed by atoms with E-state index in [9.17, 15) is 14.0 Å². The first-order chi connectivity index (χ1) is 12.6. The maximum Gasteiger partial charge on any atom is 0.228 e. The summed E-state index contributed by atoms with van der Waals surface area (Å²) in [7, 11) is 0. The number of amides is 2. The molecule has 1 spiro atoms. The summed E-state index contributed by atoms with van der Waals surface area (Å²) < 4.78 is 13.0. The molecule has 5 nitrogen and oxygen atoms in total. The minimum Gasteiger partial charge on any atom is -0.342 e. The largest absolute Gasteiger partial charge is 0.342 e. The Morgan fingerprint density at radius 2 is 2.08 bits per heavy atom. The van der Waals surface area contributed by atoms with Gasteiger partial charge in [0.2, 0.25) is 11.8 Å². The molecule has 1 atom stereocenters. The fraction of sp³-hybridized carbons (Fsp3) is 0.650. The van der Waals surface area contributed by atoms with Gasteiger partial charge >= 0.3 is 0 Å². The van der Waals surface area contributed by atoms with Crippen molar-refractivity contribution >= 4 is 11.8 Å². The van der Waals surface area contributed by atoms with Crippen molar-refractivity contribution in [3.05, 3.63) is 29.8 Å². The normalized spacial score (nSPS) is 26.4. The third-order valence-corrected chi connectivity index (χ3v) is 6.21. The number of nitrogens with zero attached hydrogens (tertiary/aromatic N) is 3. The highest BCUT2D eigenvalue weighted by molar-refractivity contribution is 5.80. The first-order valence-corrected chi connectivity index (χ1v) is 9.74. The lowest BCUT2D eigenvalue weighted by Crippen LogP contribution is -2.47. The molecule has 6 heteroatoms. The quantitative estimate of drug-likeness (QED) is 0.830. The molecule has 1 saturated carbocycles. The second-order valence-electron chi connectivity index (χ2n) is 8.05. The molecule has 1 aromatic heterocycles. The van der Waals surface area contributed by atoms with Gasteiger partial charge in [0.15, 0.2) is 0 Å². The van der Waals surface area contributed by atoms with Crippen LogP contribution in [0.5, 0.6) is 0 Å². The molecule has 1 aromatic rings. The summed E-state index contributed by atoms with van der Waals surface area (Å²) in [6.45, 7) is 2.33. The van der Waals surface area contributed by atoms with Gasteiger partial charge in [-0.3, -0.25) is 14.6 Å². The number of aromatic nitrogens is 1. The lowest BCUT2D eigenvalue weighted by Gasteiger charge is -2.38. The van der Waals surface area contributed by atoms with Gasteiger partial charge in [-0.25, -0.2) is 4.39 Å². The van der Waals surface area contributed by atoms with Crippen molar-refractivity contribution in [2.24, 2.45) is 5.92 Å². The second kappa shape index (κ2) is 6.97. The van der Waals surface area contributed by atoms with E-state index in [-0.39, 0.29) is 23.7 Å². The van der Waals surface area contributed by atoms with Crippen molar-refractivity contribution in [1.82, 2.24) is 14.8 Å². The van der Waals surface area contributed by atoms with Crippen molar-refractivity contribution in [3.8, 4) is 0 Å². The number of carbonyl (C=O) groups is 2. The van der Waals surface area contributed by atoms with Crippen molar-refractivity contribution < 1.29 is 14.0 Å². The van der Waals surface area contributed by atoms with Crippen LogP contribution in [-0.4, -0.2) is 51.8 Å². The molecule has 3 fully saturated rings. The number of carbonyl (C=O) groups excluding carboxylic acids is 2. The van der Waals surface area contributed by atoms with Crippen LogP contribution in [0, 0.1) is 11.7 Å². The standard InChI is InChI=1S/C20H26FN3O2/c21-16-4-5-17(22-13-16)12-19(26)23-10-1-7-20(9-11-23)8-6-18(25)24(20)14-15-2-3-15/h4-5,13,15H,1-3,6-12,14H2. The minimum absolute atomic E-state index is 0.0389. The number of hydrogen-bond acceptors (Lipinski definition) is 3. The van der Waals surface area contributed by atoms with E-state index in [1.54, 1.807) is 6.07 Å². The van der Waals surface area contributed by atoms with Gasteiger partial charge in [-0.05, 0) is 56.6 Å². The number of likely N-dealkylation sites (tertiary alicyclic amines) is 2. The summed E-state index contributed by atoms with van der Waals surface area (Å²) in [6, 6.07) is 2.91. The van der Waals surface area contributed by atoms with Crippen molar-refractivity contribution in [3.63, 3.8) is 0 Å². The Labute approximate surface area is 153 Å². The molecule has 2 aliphatic heterocycles. The zero-order valence-electron chi connectivity index (χ0n) is 15.1. The van der Waals surface area contributed by atoms with Crippen LogP contribution >= 0.6 is 0 Å². The average Bonchev–Trinajstić information content (AvgIpc) is 3.42. The van der Waals surface area contributed by atoms with E-state index in [1.165, 1.54) is 18.9 Å². The van der Waals surface area contributed by atoms with Crippen molar-refractivity contribution in [2.75, 3.05) is 19.6 Å². The van der Waals surface area contributed by atoms with Gasteiger partial charge in [-0.1, -0.05) is 0 Å². The molecular weight excluding hydrogens is 333 g/mol. The van der Waals surface area contributed by atoms with Crippen molar-refractivity contribution in [1.29, 1.82) is 0 Å². The van der Waals surface area contributed by atoms with Gasteiger partial charge in [0.25, 0.3) is 0 Å². The van der Waals surface area contributed by atoms with Crippen molar-refractivity contribution in [2.45, 2.75) is 56.9 Å². The molecule has 0 N–H and O–H groups in total. The summed E-state index contributed by atoms with van der Waals surface area (Å²) in [6.07, 6.45) is 8.22. The molecule has 2 saturated heterocycles. The van der Waals surface area contributed by atoms with Crippen LogP contribution in [-0.2, 0) is 16.0 Å². The van der Waals surface area contributed by atoms with Crippen LogP contribution in [0.3, 0.4) is 0 Å². The van der Waals surface area contributed by atoms with Gasteiger partial charge in [-0.15, -0.1) is 0 Å². The van der Waals surface area contributed by atoms with Gasteiger partial charge in [0, 0.05) is 37.3 Å². The summed E-state index contributed by atoms with van der Waals surface area (Å²) >= 11 is 0. The maximum atomic E-state index is 13.0. The molecule has 3 aliphatic rings. The number of halogens is 1. The zero-order chi connectivity index (χ0) is 18.1. The Balaban J connectivity index is 1.40. The fourth-order valence-corrected chi connectivity index (χ4v) is 4.45. The highest BCUT2D eigenvalue weighted by Gasteiger charge is 2.47. The maximum absolute atomic E-state index is 13.0. The van der Waals surface area contributed by atoms with E-state index >= 15 is 0 Å². The molecule has 140 valence electrons. The van der Waals surface area contributed by atoms with Crippen LogP contribution in [0.15, 0.2) is 18.3 Å². The lowest BCUT2D eigenvalue weighted by atomic mass is 9.87. The minimum atomic E-state index is -0.389. The molecular formula is C20H26FN3O2. The number of rotatable bonds is 4. The summed E-state index contributed by atoms with van der Waals surface area (Å²) in [5.74, 6) is 0.644. The van der Waals surface area contributed by atoms with Gasteiger partial charge < -0.3 is 9.80 Å². The topological polar surface area (TPSA) is 53.5 Å². The van der Waals surface area contributed by atoms with Crippen LogP contribution in [0.1, 0.15) is 50.6 Å². The molecule has 2 amide bonds. The third kappa shape index (κ3) is 3.60. The Morgan fingerprint density at radius 1 is 1.23 bits per heavy atom. The first-order valence-electron chi connectivity index (χ1n) is 9.74. The summed E-state index contributed by atoms with van der Waals surface area (Å²) in [5.41, 5.74) is 0.560. The molecule has 3 heterocycles. The zero-order valence-corrected chi connectivity index (χ0v) is 15.1. The molecule has 4 rings (SSSR count). The lowest BCUT2D eigenvalue weighted by molar-refractivity contribution is -0.132. The predicted molar refractivity (Wildman–Crippen MR) is 94.7 cm³/mol. The SMILES string of the molecule is O=C(Cc1ccc(F)cn1)N1CCCC2(CCC(=O)N2CC2CC2)CC1. The van der Waals surface area contributed by atoms with Crippen LogP contribution < -0.4 is 0 Å². The van der Waals surface area contributed by atoms with Crippen LogP contribution in [0.4, 0.5) is 4.39 Å². The number of pyridine rings is 1. The predicted octanol–water partition coefficient (Wildman–Crippen LogP) is 2.55. The van der Waals surface area contributed by atoms with Crippen LogP contribution in [0.2, 0.25) is 0 Å². The highest BCUT2D eigenvalue weighted by Crippen LogP contribution is 2.42. The van der Waals surface area contributed by atoms with Gasteiger partial charge in [0.05, 0.1) is 12.6 Å². The molecule has 1 aliphatic carbocycles. The fourth-order valence-electron chi connectivity index (χ4n) is 4.45. The van der Waals surface area contributed by atoms with E-state index in [4.69, 9.17) is 0 Å². The molecule has 26 heavy (non-hydrogen) atoms. The Kier molecular flexibility index (Phi) is 4.67. The average molecular weight is 359 g/mol. The van der Waals surface area contributed by atoms with Gasteiger partial charge in [-0.2, -0.15) is 0 Å². The van der Waals surface area contributed by atoms with E-state index in [0.717, 1.165) is 45.0 Å². The molecule has 1 unspecified atom stereocenters. The van der Waals surface area contributed by atoms with E-state index in [0.29, 0.717) is 30.5 Å². The van der Waals surface area contributed by atoms with Crippen LogP contribution in [0.25, 0.3) is 0 Å². The van der Waals surface area contributed by atoms with E-state index in [1.807, 2.05) is 4.90 Å². The Morgan fingerprint density at radius 3 is 2.81 bits per heavy atom. The summed E-state index contributed by atoms with van der Waals surface area (Å²) in [5, 5.41) is 0. The van der Waals surface area contributed by atoms with E-state index in [2.05, 4.69) is 9.88 Å². The van der Waals surface area contributed by atoms with Gasteiger partial charge in [0.1, 0.15) is 5.82 Å². The second-order valence-corrected chi connectivity index (χ2v) is 8.05. The number of hydrogen-bond donors (Lipinski definition) is 0. The Bertz CT molecular complexity index is 689. The first kappa shape index (κ1) is 17.4. The monoisotopic (exact) mass is 359 g/mol. The Hall–Kier alpha value is -1.98. The molecule has 0 bridgehead atoms. The highest BCUT2D eigenvalue weighted by atomic mass is 19.1. The van der Waals surface area contributed by atoms with E-state index < -0.39 is 0 Å². The molecule has 0 aromatic carbocycles. The summed E-state index contributed by atoms with van der Waals surface area (Å²) in [4.78, 5) is 33.1. The third-order valence-electron chi connectivity index (χ3n) is 6.21. The molecule has 0 radical (unpaired) electrons. The smallest absolute Gasteiger partial charge is 0.228 e.